The van der Waals surface area contributed by atoms with Crippen LogP contribution in [0.1, 0.15) is 31.4 Å². The zero-order chi connectivity index (χ0) is 15.5. The highest BCUT2D eigenvalue weighted by Gasteiger charge is 2.33. The van der Waals surface area contributed by atoms with Crippen LogP contribution in [0.2, 0.25) is 0 Å². The minimum atomic E-state index is 0.0779. The van der Waals surface area contributed by atoms with Crippen molar-refractivity contribution in [1.29, 1.82) is 0 Å². The van der Waals surface area contributed by atoms with Gasteiger partial charge in [0.15, 0.2) is 0 Å². The van der Waals surface area contributed by atoms with Gasteiger partial charge in [-0.05, 0) is 29.9 Å². The number of hydrogen-bond acceptors (Lipinski definition) is 3. The van der Waals surface area contributed by atoms with Crippen LogP contribution >= 0.6 is 0 Å². The lowest BCUT2D eigenvalue weighted by Crippen LogP contribution is -2.54. The summed E-state index contributed by atoms with van der Waals surface area (Å²) in [5.74, 6) is 0.0875. The summed E-state index contributed by atoms with van der Waals surface area (Å²) in [6, 6.07) is 8.36. The number of piperidine rings is 1. The molecule has 0 bridgehead atoms. The Kier molecular flexibility index (Phi) is 5.01. The van der Waals surface area contributed by atoms with E-state index in [9.17, 15) is 4.79 Å². The first kappa shape index (κ1) is 16.0. The second-order valence-electron chi connectivity index (χ2n) is 6.80. The number of carbonyl (C=O) groups excluding carboxylic acids is 1. The molecule has 3 N–H and O–H groups in total. The van der Waals surface area contributed by atoms with Gasteiger partial charge in [-0.2, -0.15) is 0 Å². The van der Waals surface area contributed by atoms with E-state index in [-0.39, 0.29) is 17.4 Å². The number of benzene rings is 1. The summed E-state index contributed by atoms with van der Waals surface area (Å²) in [5, 5.41) is 3.01. The van der Waals surface area contributed by atoms with Crippen LogP contribution in [0.3, 0.4) is 0 Å². The van der Waals surface area contributed by atoms with Gasteiger partial charge in [0.1, 0.15) is 0 Å². The third kappa shape index (κ3) is 4.29. The van der Waals surface area contributed by atoms with Crippen LogP contribution in [0, 0.1) is 12.3 Å². The molecule has 4 heteroatoms. The molecular weight excluding hydrogens is 262 g/mol. The van der Waals surface area contributed by atoms with Crippen molar-refractivity contribution in [3.05, 3.63) is 35.4 Å². The van der Waals surface area contributed by atoms with Gasteiger partial charge in [0.25, 0.3) is 0 Å². The SMILES string of the molecule is Cc1ccccc1CNC(=O)CN1CCC(N)C(C)(C)C1. The van der Waals surface area contributed by atoms with Gasteiger partial charge in [-0.25, -0.2) is 0 Å². The van der Waals surface area contributed by atoms with E-state index in [0.29, 0.717) is 13.1 Å². The minimum absolute atomic E-state index is 0.0779. The number of nitrogens with two attached hydrogens (primary N) is 1. The number of nitrogens with one attached hydrogen (secondary N) is 1. The topological polar surface area (TPSA) is 58.4 Å². The second-order valence-corrected chi connectivity index (χ2v) is 6.80. The molecule has 1 aliphatic rings. The van der Waals surface area contributed by atoms with Gasteiger partial charge in [-0.15, -0.1) is 0 Å². The van der Waals surface area contributed by atoms with Crippen LogP contribution in [-0.2, 0) is 11.3 Å². The van der Waals surface area contributed by atoms with Crippen LogP contribution in [0.5, 0.6) is 0 Å². The second kappa shape index (κ2) is 6.58. The molecule has 0 radical (unpaired) electrons. The van der Waals surface area contributed by atoms with Crippen molar-refractivity contribution in [1.82, 2.24) is 10.2 Å². The van der Waals surface area contributed by atoms with Crippen LogP contribution in [0.25, 0.3) is 0 Å². The van der Waals surface area contributed by atoms with E-state index >= 15 is 0 Å². The number of likely N-dealkylation sites (tertiary alicyclic amines) is 1. The van der Waals surface area contributed by atoms with Crippen LogP contribution in [0.4, 0.5) is 0 Å². The molecule has 1 aromatic carbocycles. The third-order valence-corrected chi connectivity index (χ3v) is 4.50. The summed E-state index contributed by atoms with van der Waals surface area (Å²) < 4.78 is 0. The van der Waals surface area contributed by atoms with Crippen LogP contribution in [-0.4, -0.2) is 36.5 Å². The Morgan fingerprint density at radius 2 is 2.14 bits per heavy atom. The minimum Gasteiger partial charge on any atom is -0.351 e. The quantitative estimate of drug-likeness (QED) is 0.886. The maximum Gasteiger partial charge on any atom is 0.234 e. The number of carbonyl (C=O) groups is 1. The fourth-order valence-corrected chi connectivity index (χ4v) is 2.88. The monoisotopic (exact) mass is 289 g/mol. The lowest BCUT2D eigenvalue weighted by molar-refractivity contribution is -0.123. The molecule has 1 heterocycles. The predicted molar refractivity (Wildman–Crippen MR) is 85.8 cm³/mol. The lowest BCUT2D eigenvalue weighted by Gasteiger charge is -2.42. The highest BCUT2D eigenvalue weighted by molar-refractivity contribution is 5.78. The van der Waals surface area contributed by atoms with Crippen molar-refractivity contribution < 1.29 is 4.79 Å². The summed E-state index contributed by atoms with van der Waals surface area (Å²) in [5.41, 5.74) is 8.59. The number of hydrogen-bond donors (Lipinski definition) is 2. The van der Waals surface area contributed by atoms with E-state index in [1.807, 2.05) is 12.1 Å². The van der Waals surface area contributed by atoms with Gasteiger partial charge >= 0.3 is 0 Å². The molecule has 1 amide bonds. The number of rotatable bonds is 4. The summed E-state index contributed by atoms with van der Waals surface area (Å²) in [7, 11) is 0. The Labute approximate surface area is 127 Å². The van der Waals surface area contributed by atoms with E-state index in [1.165, 1.54) is 11.1 Å². The van der Waals surface area contributed by atoms with Crippen molar-refractivity contribution in [3.63, 3.8) is 0 Å². The standard InChI is InChI=1S/C17H27N3O/c1-13-6-4-5-7-14(13)10-19-16(21)11-20-9-8-15(18)17(2,3)12-20/h4-7,15H,8-12,18H2,1-3H3,(H,19,21). The lowest BCUT2D eigenvalue weighted by atomic mass is 9.80. The predicted octanol–water partition coefficient (Wildman–Crippen LogP) is 1.67. The maximum absolute atomic E-state index is 12.1. The molecule has 1 aliphatic heterocycles. The maximum atomic E-state index is 12.1. The molecule has 0 saturated carbocycles. The fourth-order valence-electron chi connectivity index (χ4n) is 2.88. The third-order valence-electron chi connectivity index (χ3n) is 4.50. The molecule has 2 rings (SSSR count). The molecule has 116 valence electrons. The first-order chi connectivity index (χ1) is 9.88. The Morgan fingerprint density at radius 1 is 1.43 bits per heavy atom. The van der Waals surface area contributed by atoms with Gasteiger partial charge in [-0.1, -0.05) is 38.1 Å². The Balaban J connectivity index is 1.81. The molecule has 1 unspecified atom stereocenters. The molecule has 4 nitrogen and oxygen atoms in total. The normalized spacial score (nSPS) is 22.0. The molecule has 1 atom stereocenters. The van der Waals surface area contributed by atoms with E-state index in [1.54, 1.807) is 0 Å². The van der Waals surface area contributed by atoms with E-state index in [2.05, 4.69) is 43.1 Å². The first-order valence-corrected chi connectivity index (χ1v) is 7.67. The van der Waals surface area contributed by atoms with E-state index in [4.69, 9.17) is 5.73 Å². The molecule has 0 aromatic heterocycles. The van der Waals surface area contributed by atoms with Crippen LogP contribution in [0.15, 0.2) is 24.3 Å². The Bertz CT molecular complexity index is 499. The summed E-state index contributed by atoms with van der Waals surface area (Å²) in [6.45, 7) is 9.26. The summed E-state index contributed by atoms with van der Waals surface area (Å²) >= 11 is 0. The molecule has 0 spiro atoms. The Morgan fingerprint density at radius 3 is 2.81 bits per heavy atom. The summed E-state index contributed by atoms with van der Waals surface area (Å²) in [4.78, 5) is 14.3. The van der Waals surface area contributed by atoms with Gasteiger partial charge in [0.05, 0.1) is 6.54 Å². The first-order valence-electron chi connectivity index (χ1n) is 7.67. The highest BCUT2D eigenvalue weighted by atomic mass is 16.2. The van der Waals surface area contributed by atoms with Crippen molar-refractivity contribution in [3.8, 4) is 0 Å². The molecule has 0 aliphatic carbocycles. The zero-order valence-electron chi connectivity index (χ0n) is 13.4. The Hall–Kier alpha value is -1.39. The molecule has 1 saturated heterocycles. The van der Waals surface area contributed by atoms with Crippen molar-refractivity contribution in [2.45, 2.75) is 39.8 Å². The average Bonchev–Trinajstić information content (AvgIpc) is 2.42. The fraction of sp³-hybridized carbons (Fsp3) is 0.588. The smallest absolute Gasteiger partial charge is 0.234 e. The van der Waals surface area contributed by atoms with Crippen molar-refractivity contribution >= 4 is 5.91 Å². The van der Waals surface area contributed by atoms with E-state index in [0.717, 1.165) is 19.5 Å². The van der Waals surface area contributed by atoms with Gasteiger partial charge in [0, 0.05) is 25.7 Å². The average molecular weight is 289 g/mol. The zero-order valence-corrected chi connectivity index (χ0v) is 13.4. The number of amides is 1. The number of nitrogens with zero attached hydrogens (tertiary/aromatic N) is 1. The highest BCUT2D eigenvalue weighted by Crippen LogP contribution is 2.27. The van der Waals surface area contributed by atoms with Gasteiger partial charge in [-0.3, -0.25) is 9.69 Å². The molecule has 1 aromatic rings. The number of aryl methyl sites for hydroxylation is 1. The molecule has 21 heavy (non-hydrogen) atoms. The van der Waals surface area contributed by atoms with Crippen LogP contribution < -0.4 is 11.1 Å². The van der Waals surface area contributed by atoms with E-state index < -0.39 is 0 Å². The van der Waals surface area contributed by atoms with Crippen molar-refractivity contribution in [2.24, 2.45) is 11.1 Å². The summed E-state index contributed by atoms with van der Waals surface area (Å²) in [6.07, 6.45) is 0.956. The molecular formula is C17H27N3O. The largest absolute Gasteiger partial charge is 0.351 e. The van der Waals surface area contributed by atoms with Crippen molar-refractivity contribution in [2.75, 3.05) is 19.6 Å². The molecule has 1 fully saturated rings. The van der Waals surface area contributed by atoms with Gasteiger partial charge < -0.3 is 11.1 Å². The van der Waals surface area contributed by atoms with Gasteiger partial charge in [0.2, 0.25) is 5.91 Å².